The predicted octanol–water partition coefficient (Wildman–Crippen LogP) is 2.95. The van der Waals surface area contributed by atoms with E-state index in [0.717, 1.165) is 16.7 Å². The molecule has 0 bridgehead atoms. The van der Waals surface area contributed by atoms with E-state index < -0.39 is 6.04 Å². The second-order valence-electron chi connectivity index (χ2n) is 8.31. The van der Waals surface area contributed by atoms with Crippen molar-refractivity contribution in [1.29, 1.82) is 0 Å². The molecule has 3 aromatic carbocycles. The summed E-state index contributed by atoms with van der Waals surface area (Å²) in [4.78, 5) is 32.0. The summed E-state index contributed by atoms with van der Waals surface area (Å²) in [5.74, 6) is 0.443. The van der Waals surface area contributed by atoms with Crippen LogP contribution in [0.25, 0.3) is 0 Å². The number of nitrogens with one attached hydrogen (secondary N) is 1. The number of amides is 2. The Morgan fingerprint density at radius 3 is 2.11 bits per heavy atom. The molecule has 3 N–H and O–H groups in total. The van der Waals surface area contributed by atoms with Gasteiger partial charge >= 0.3 is 0 Å². The molecule has 0 saturated carbocycles. The fraction of sp³-hybridized carbons (Fsp3) is 0.250. The Morgan fingerprint density at radius 2 is 1.50 bits per heavy atom. The zero-order valence-electron chi connectivity index (χ0n) is 20.8. The lowest BCUT2D eigenvalue weighted by atomic mass is 10.1. The lowest BCUT2D eigenvalue weighted by Crippen LogP contribution is -2.42. The van der Waals surface area contributed by atoms with Crippen LogP contribution in [-0.4, -0.2) is 50.0 Å². The maximum atomic E-state index is 13.3. The van der Waals surface area contributed by atoms with E-state index in [9.17, 15) is 9.59 Å². The Balaban J connectivity index is 1.72. The van der Waals surface area contributed by atoms with Crippen molar-refractivity contribution in [3.05, 3.63) is 95.6 Å². The Labute approximate surface area is 211 Å². The summed E-state index contributed by atoms with van der Waals surface area (Å²) < 4.78 is 10.5. The van der Waals surface area contributed by atoms with Gasteiger partial charge in [0, 0.05) is 20.0 Å². The zero-order valence-corrected chi connectivity index (χ0v) is 20.8. The summed E-state index contributed by atoms with van der Waals surface area (Å²) in [5.41, 5.74) is 8.75. The molecule has 0 fully saturated rings. The summed E-state index contributed by atoms with van der Waals surface area (Å²) in [6, 6.07) is 23.7. The Morgan fingerprint density at radius 1 is 0.889 bits per heavy atom. The molecule has 0 radical (unpaired) electrons. The smallest absolute Gasteiger partial charge is 0.247 e. The van der Waals surface area contributed by atoms with Gasteiger partial charge in [0.05, 0.1) is 20.6 Å². The van der Waals surface area contributed by atoms with Crippen LogP contribution in [0.3, 0.4) is 0 Å². The monoisotopic (exact) mass is 488 g/mol. The highest BCUT2D eigenvalue weighted by molar-refractivity contribution is 5.98. The number of likely N-dealkylation sites (N-methyl/N-ethyl adjacent to an activating group) is 1. The van der Waals surface area contributed by atoms with Crippen molar-refractivity contribution in [2.45, 2.75) is 25.4 Å². The van der Waals surface area contributed by atoms with Crippen LogP contribution in [0.5, 0.6) is 11.5 Å². The summed E-state index contributed by atoms with van der Waals surface area (Å²) >= 11 is 0. The van der Waals surface area contributed by atoms with E-state index in [1.54, 1.807) is 37.3 Å². The van der Waals surface area contributed by atoms with Crippen LogP contribution in [0, 0.1) is 0 Å². The molecule has 0 saturated heterocycles. The first-order valence-electron chi connectivity index (χ1n) is 11.6. The number of rotatable bonds is 10. The van der Waals surface area contributed by atoms with Crippen LogP contribution in [0.2, 0.25) is 0 Å². The molecule has 0 aromatic heterocycles. The molecule has 8 heteroatoms. The number of nitrogens with two attached hydrogens (primary N) is 1. The minimum Gasteiger partial charge on any atom is -0.493 e. The number of guanidine groups is 1. The number of carbonyl (C=O) groups excluding carboxylic acids is 2. The lowest BCUT2D eigenvalue weighted by molar-refractivity contribution is -0.131. The Bertz CT molecular complexity index is 1180. The van der Waals surface area contributed by atoms with Crippen molar-refractivity contribution in [2.75, 3.05) is 21.3 Å². The third kappa shape index (κ3) is 7.59. The second-order valence-corrected chi connectivity index (χ2v) is 8.31. The average Bonchev–Trinajstić information content (AvgIpc) is 2.88. The van der Waals surface area contributed by atoms with Gasteiger partial charge in [0.1, 0.15) is 6.04 Å². The zero-order chi connectivity index (χ0) is 25.9. The van der Waals surface area contributed by atoms with E-state index in [0.29, 0.717) is 24.5 Å². The van der Waals surface area contributed by atoms with Gasteiger partial charge in [-0.25, -0.2) is 4.99 Å². The molecule has 1 atom stereocenters. The SMILES string of the molecule is COc1ccc(CC(=O)NC(N)=NC(Cc2ccccc2)C(=O)N(C)Cc2ccccc2)cc1OC. The molecule has 0 spiro atoms. The van der Waals surface area contributed by atoms with Crippen molar-refractivity contribution in [1.82, 2.24) is 10.2 Å². The lowest BCUT2D eigenvalue weighted by Gasteiger charge is -2.22. The highest BCUT2D eigenvalue weighted by Gasteiger charge is 2.23. The number of benzene rings is 3. The number of nitrogens with zero attached hydrogens (tertiary/aromatic N) is 2. The van der Waals surface area contributed by atoms with Gasteiger partial charge in [-0.05, 0) is 28.8 Å². The molecular weight excluding hydrogens is 456 g/mol. The van der Waals surface area contributed by atoms with Gasteiger partial charge < -0.3 is 20.1 Å². The maximum absolute atomic E-state index is 13.3. The van der Waals surface area contributed by atoms with E-state index >= 15 is 0 Å². The van der Waals surface area contributed by atoms with E-state index in [1.165, 1.54) is 7.11 Å². The van der Waals surface area contributed by atoms with Crippen molar-refractivity contribution in [3.8, 4) is 11.5 Å². The average molecular weight is 489 g/mol. The number of hydrogen-bond acceptors (Lipinski definition) is 5. The van der Waals surface area contributed by atoms with E-state index in [2.05, 4.69) is 10.3 Å². The van der Waals surface area contributed by atoms with Gasteiger partial charge in [-0.3, -0.25) is 14.9 Å². The summed E-state index contributed by atoms with van der Waals surface area (Å²) in [5, 5.41) is 2.60. The van der Waals surface area contributed by atoms with Crippen molar-refractivity contribution in [2.24, 2.45) is 10.7 Å². The molecule has 188 valence electrons. The second kappa shape index (κ2) is 12.9. The van der Waals surface area contributed by atoms with Crippen LogP contribution in [-0.2, 0) is 29.0 Å². The fourth-order valence-electron chi connectivity index (χ4n) is 3.78. The number of methoxy groups -OCH3 is 2. The molecule has 3 rings (SSSR count). The first-order valence-corrected chi connectivity index (χ1v) is 11.6. The fourth-order valence-corrected chi connectivity index (χ4v) is 3.78. The van der Waals surface area contributed by atoms with Crippen LogP contribution < -0.4 is 20.5 Å². The maximum Gasteiger partial charge on any atom is 0.247 e. The Hall–Kier alpha value is -4.33. The molecule has 1 unspecified atom stereocenters. The number of carbonyl (C=O) groups is 2. The number of ether oxygens (including phenoxy) is 2. The molecule has 3 aromatic rings. The van der Waals surface area contributed by atoms with E-state index in [1.807, 2.05) is 60.7 Å². The van der Waals surface area contributed by atoms with Crippen LogP contribution >= 0.6 is 0 Å². The largest absolute Gasteiger partial charge is 0.493 e. The van der Waals surface area contributed by atoms with Crippen molar-refractivity contribution >= 4 is 17.8 Å². The molecule has 2 amide bonds. The quantitative estimate of drug-likeness (QED) is 0.337. The highest BCUT2D eigenvalue weighted by atomic mass is 16.5. The minimum atomic E-state index is -0.789. The van der Waals surface area contributed by atoms with Gasteiger partial charge in [-0.15, -0.1) is 0 Å². The van der Waals surface area contributed by atoms with E-state index in [-0.39, 0.29) is 24.2 Å². The molecule has 36 heavy (non-hydrogen) atoms. The first-order chi connectivity index (χ1) is 17.4. The third-order valence-corrected chi connectivity index (χ3v) is 5.57. The number of hydrogen-bond donors (Lipinski definition) is 2. The highest BCUT2D eigenvalue weighted by Crippen LogP contribution is 2.27. The standard InChI is InChI=1S/C28H32N4O4/c1-32(19-21-12-8-5-9-13-21)27(34)23(16-20-10-6-4-7-11-20)30-28(29)31-26(33)18-22-14-15-24(35-2)25(17-22)36-3/h4-15,17,23H,16,18-19H2,1-3H3,(H3,29,30,31,33). The molecule has 0 aliphatic carbocycles. The van der Waals surface area contributed by atoms with Crippen molar-refractivity contribution in [3.63, 3.8) is 0 Å². The van der Waals surface area contributed by atoms with Crippen LogP contribution in [0.1, 0.15) is 16.7 Å². The topological polar surface area (TPSA) is 106 Å². The molecule has 8 nitrogen and oxygen atoms in total. The van der Waals surface area contributed by atoms with Gasteiger partial charge in [0.25, 0.3) is 0 Å². The molecule has 0 aliphatic rings. The molecular formula is C28H32N4O4. The Kier molecular flexibility index (Phi) is 9.45. The summed E-state index contributed by atoms with van der Waals surface area (Å²) in [6.07, 6.45) is 0.410. The normalized spacial score (nSPS) is 11.9. The summed E-state index contributed by atoms with van der Waals surface area (Å²) in [7, 11) is 4.81. The number of aliphatic imine (C=N–C) groups is 1. The van der Waals surface area contributed by atoms with Gasteiger partial charge in [0.15, 0.2) is 17.5 Å². The minimum absolute atomic E-state index is 0.0573. The van der Waals surface area contributed by atoms with Crippen LogP contribution in [0.4, 0.5) is 0 Å². The molecule has 0 aliphatic heterocycles. The van der Waals surface area contributed by atoms with Crippen molar-refractivity contribution < 1.29 is 19.1 Å². The van der Waals surface area contributed by atoms with Gasteiger partial charge in [-0.1, -0.05) is 66.7 Å². The first kappa shape index (κ1) is 26.3. The van der Waals surface area contributed by atoms with Crippen LogP contribution in [0.15, 0.2) is 83.9 Å². The van der Waals surface area contributed by atoms with E-state index in [4.69, 9.17) is 15.2 Å². The predicted molar refractivity (Wildman–Crippen MR) is 140 cm³/mol. The van der Waals surface area contributed by atoms with Gasteiger partial charge in [0.2, 0.25) is 11.8 Å². The van der Waals surface area contributed by atoms with Gasteiger partial charge in [-0.2, -0.15) is 0 Å². The third-order valence-electron chi connectivity index (χ3n) is 5.57. The molecule has 0 heterocycles. The summed E-state index contributed by atoms with van der Waals surface area (Å²) in [6.45, 7) is 0.437.